The number of aromatic amines is 1. The third-order valence-corrected chi connectivity index (χ3v) is 9.52. The van der Waals surface area contributed by atoms with Gasteiger partial charge in [-0.05, 0) is 65.4 Å². The van der Waals surface area contributed by atoms with Crippen molar-refractivity contribution in [2.75, 3.05) is 6.54 Å². The number of primary amides is 1. The smallest absolute Gasteiger partial charge is 0.243 e. The zero-order chi connectivity index (χ0) is 40.2. The fourth-order valence-electron chi connectivity index (χ4n) is 6.31. The number of nitrogens with zero attached hydrogens (tertiary/aromatic N) is 1. The Morgan fingerprint density at radius 1 is 0.714 bits per heavy atom. The zero-order valence-electron chi connectivity index (χ0n) is 30.9. The molecule has 0 fully saturated rings. The molecule has 4 atom stereocenters. The van der Waals surface area contributed by atoms with Crippen molar-refractivity contribution in [3.63, 3.8) is 0 Å². The van der Waals surface area contributed by atoms with Gasteiger partial charge >= 0.3 is 0 Å². The fourth-order valence-corrected chi connectivity index (χ4v) is 6.44. The molecule has 4 aromatic carbocycles. The predicted octanol–water partition coefficient (Wildman–Crippen LogP) is 2.50. The minimum Gasteiger partial charge on any atom is -0.370 e. The zero-order valence-corrected chi connectivity index (χ0v) is 31.6. The lowest BCUT2D eigenvalue weighted by molar-refractivity contribution is -0.134. The average molecular weight is 780 g/mol. The Balaban J connectivity index is 1.30. The van der Waals surface area contributed by atoms with Gasteiger partial charge < -0.3 is 43.5 Å². The number of amides is 5. The lowest BCUT2D eigenvalue weighted by Crippen LogP contribution is -2.58. The van der Waals surface area contributed by atoms with Gasteiger partial charge in [0.2, 0.25) is 29.5 Å². The molecule has 11 N–H and O–H groups in total. The number of benzene rings is 4. The van der Waals surface area contributed by atoms with Crippen LogP contribution in [0.1, 0.15) is 36.5 Å². The van der Waals surface area contributed by atoms with E-state index in [0.29, 0.717) is 10.6 Å². The van der Waals surface area contributed by atoms with Crippen LogP contribution in [0.3, 0.4) is 0 Å². The number of halogens is 1. The molecule has 0 aliphatic rings. The molecule has 5 amide bonds. The fraction of sp³-hybridized carbons (Fsp3) is 0.268. The summed E-state index contributed by atoms with van der Waals surface area (Å²) in [6, 6.07) is 23.3. The number of carbonyl (C=O) groups excluding carboxylic acids is 5. The topological polar surface area (TPSA) is 240 Å². The molecule has 5 rings (SSSR count). The van der Waals surface area contributed by atoms with Crippen molar-refractivity contribution in [2.45, 2.75) is 63.2 Å². The van der Waals surface area contributed by atoms with Crippen LogP contribution in [-0.4, -0.2) is 71.2 Å². The highest BCUT2D eigenvalue weighted by atomic mass is 35.5. The molecule has 0 saturated carbocycles. The minimum atomic E-state index is -1.19. The number of aromatic nitrogens is 1. The molecular formula is C41H46ClN9O5. The number of aliphatic imine (C=N–C) groups is 1. The number of nitrogens with one attached hydrogen (secondary N) is 5. The Morgan fingerprint density at radius 3 is 2.09 bits per heavy atom. The van der Waals surface area contributed by atoms with Crippen LogP contribution < -0.4 is 38.5 Å². The van der Waals surface area contributed by atoms with Gasteiger partial charge in [0.25, 0.3) is 0 Å². The van der Waals surface area contributed by atoms with Crippen LogP contribution in [0, 0.1) is 0 Å². The summed E-state index contributed by atoms with van der Waals surface area (Å²) in [4.78, 5) is 74.1. The third-order valence-electron chi connectivity index (χ3n) is 9.27. The largest absolute Gasteiger partial charge is 0.370 e. The van der Waals surface area contributed by atoms with Crippen LogP contribution >= 0.6 is 11.6 Å². The van der Waals surface area contributed by atoms with Crippen LogP contribution in [0.5, 0.6) is 0 Å². The second kappa shape index (κ2) is 19.3. The van der Waals surface area contributed by atoms with Crippen LogP contribution in [-0.2, 0) is 43.2 Å². The van der Waals surface area contributed by atoms with Gasteiger partial charge in [-0.3, -0.25) is 29.0 Å². The number of hydrogen-bond acceptors (Lipinski definition) is 6. The molecular weight excluding hydrogens is 734 g/mol. The second-order valence-electron chi connectivity index (χ2n) is 13.6. The number of para-hydroxylation sites is 1. The average Bonchev–Trinajstić information content (AvgIpc) is 3.58. The van der Waals surface area contributed by atoms with Gasteiger partial charge in [-0.2, -0.15) is 0 Å². The van der Waals surface area contributed by atoms with E-state index in [1.807, 2.05) is 66.7 Å². The Kier molecular flexibility index (Phi) is 14.0. The Labute approximate surface area is 329 Å². The van der Waals surface area contributed by atoms with Crippen molar-refractivity contribution in [1.29, 1.82) is 0 Å². The van der Waals surface area contributed by atoms with Crippen molar-refractivity contribution in [3.05, 3.63) is 119 Å². The third kappa shape index (κ3) is 11.5. The standard InChI is InChI=1S/C41H46ClN9O5/c1-24(48-36(52)21-26-12-15-27-7-2-3-8-28(27)19-26)38(54)51-35(20-25-13-16-30(42)17-14-25)40(56)49-33(11-6-18-46-41(44)45)39(55)50-34(37(43)53)22-29-23-47-32-10-5-4-9-31(29)32/h2-5,7-10,12-17,19,23-24,33-35,47H,6,11,18,20-22H2,1H3,(H2,43,53)(H,48,52)(H,49,56)(H,50,55)(H,51,54)(H4,44,45,46)/t24-,33-,34-,35+/m0/s1. The first kappa shape index (κ1) is 40.8. The highest BCUT2D eigenvalue weighted by Crippen LogP contribution is 2.20. The number of nitrogens with two attached hydrogens (primary N) is 3. The van der Waals surface area contributed by atoms with Gasteiger partial charge in [0, 0.05) is 41.5 Å². The summed E-state index contributed by atoms with van der Waals surface area (Å²) >= 11 is 6.10. The van der Waals surface area contributed by atoms with Crippen molar-refractivity contribution in [1.82, 2.24) is 26.3 Å². The highest BCUT2D eigenvalue weighted by Gasteiger charge is 2.31. The van der Waals surface area contributed by atoms with Crippen molar-refractivity contribution in [2.24, 2.45) is 22.2 Å². The number of rotatable bonds is 18. The first-order valence-corrected chi connectivity index (χ1v) is 18.6. The first-order valence-electron chi connectivity index (χ1n) is 18.2. The minimum absolute atomic E-state index is 0.0271. The monoisotopic (exact) mass is 779 g/mol. The lowest BCUT2D eigenvalue weighted by atomic mass is 10.0. The van der Waals surface area contributed by atoms with E-state index in [1.165, 1.54) is 6.92 Å². The molecule has 0 radical (unpaired) electrons. The normalized spacial score (nSPS) is 13.2. The van der Waals surface area contributed by atoms with E-state index in [2.05, 4.69) is 31.2 Å². The molecule has 0 saturated heterocycles. The van der Waals surface area contributed by atoms with E-state index in [0.717, 1.165) is 32.8 Å². The maximum Gasteiger partial charge on any atom is 0.243 e. The predicted molar refractivity (Wildman–Crippen MR) is 217 cm³/mol. The van der Waals surface area contributed by atoms with Crippen molar-refractivity contribution < 1.29 is 24.0 Å². The number of guanidine groups is 1. The van der Waals surface area contributed by atoms with E-state index in [1.54, 1.807) is 30.5 Å². The first-order chi connectivity index (χ1) is 26.9. The summed E-state index contributed by atoms with van der Waals surface area (Å²) in [6.45, 7) is 1.68. The molecule has 5 aromatic rings. The van der Waals surface area contributed by atoms with E-state index in [-0.39, 0.29) is 50.5 Å². The quantitative estimate of drug-likeness (QED) is 0.0375. The molecule has 0 aliphatic carbocycles. The molecule has 292 valence electrons. The Hall–Kier alpha value is -6.41. The van der Waals surface area contributed by atoms with Crippen LogP contribution in [0.4, 0.5) is 0 Å². The Bertz CT molecular complexity index is 2220. The van der Waals surface area contributed by atoms with E-state index >= 15 is 0 Å². The maximum absolute atomic E-state index is 14.0. The molecule has 1 heterocycles. The molecule has 56 heavy (non-hydrogen) atoms. The number of carbonyl (C=O) groups is 5. The van der Waals surface area contributed by atoms with Crippen molar-refractivity contribution >= 4 is 68.8 Å². The van der Waals surface area contributed by atoms with Gasteiger partial charge in [0.05, 0.1) is 6.42 Å². The molecule has 0 unspecified atom stereocenters. The van der Waals surface area contributed by atoms with E-state index in [4.69, 9.17) is 28.8 Å². The van der Waals surface area contributed by atoms with Crippen LogP contribution in [0.2, 0.25) is 5.02 Å². The molecule has 0 bridgehead atoms. The molecule has 14 nitrogen and oxygen atoms in total. The number of hydrogen-bond donors (Lipinski definition) is 8. The van der Waals surface area contributed by atoms with Gasteiger partial charge in [-0.25, -0.2) is 0 Å². The number of fused-ring (bicyclic) bond motifs is 2. The van der Waals surface area contributed by atoms with Crippen LogP contribution in [0.15, 0.2) is 102 Å². The van der Waals surface area contributed by atoms with Gasteiger partial charge in [-0.1, -0.05) is 84.4 Å². The molecule has 0 aliphatic heterocycles. The Morgan fingerprint density at radius 2 is 1.36 bits per heavy atom. The summed E-state index contributed by atoms with van der Waals surface area (Å²) < 4.78 is 0. The van der Waals surface area contributed by atoms with Gasteiger partial charge in [0.1, 0.15) is 24.2 Å². The lowest BCUT2D eigenvalue weighted by Gasteiger charge is -2.26. The van der Waals surface area contributed by atoms with Crippen molar-refractivity contribution in [3.8, 4) is 0 Å². The summed E-state index contributed by atoms with van der Waals surface area (Å²) in [5.41, 5.74) is 19.8. The number of H-pyrrole nitrogens is 1. The molecule has 1 aromatic heterocycles. The summed E-state index contributed by atoms with van der Waals surface area (Å²) in [5, 5.41) is 14.3. The second-order valence-corrected chi connectivity index (χ2v) is 14.0. The summed E-state index contributed by atoms with van der Waals surface area (Å²) in [5.74, 6) is -3.25. The van der Waals surface area contributed by atoms with E-state index in [9.17, 15) is 24.0 Å². The summed E-state index contributed by atoms with van der Waals surface area (Å²) in [7, 11) is 0. The summed E-state index contributed by atoms with van der Waals surface area (Å²) in [6.07, 6.45) is 2.28. The molecule has 15 heteroatoms. The van der Waals surface area contributed by atoms with Gasteiger partial charge in [-0.15, -0.1) is 0 Å². The maximum atomic E-state index is 14.0. The van der Waals surface area contributed by atoms with Gasteiger partial charge in [0.15, 0.2) is 5.96 Å². The van der Waals surface area contributed by atoms with Crippen LogP contribution in [0.25, 0.3) is 21.7 Å². The SMILES string of the molecule is C[C@H](NC(=O)Cc1ccc2ccccc2c1)C(=O)N[C@H](Cc1ccc(Cl)cc1)C(=O)N[C@@H](CCCN=C(N)N)C(=O)N[C@@H](Cc1c[nH]c2ccccc12)C(N)=O. The molecule has 0 spiro atoms. The highest BCUT2D eigenvalue weighted by molar-refractivity contribution is 6.30. The van der Waals surface area contributed by atoms with E-state index < -0.39 is 47.8 Å².